The Morgan fingerprint density at radius 2 is 2.27 bits per heavy atom. The summed E-state index contributed by atoms with van der Waals surface area (Å²) in [5.41, 5.74) is 4.77. The molecule has 0 aliphatic heterocycles. The Bertz CT molecular complexity index is 692. The molecule has 0 bridgehead atoms. The van der Waals surface area contributed by atoms with Gasteiger partial charge in [-0.1, -0.05) is 11.2 Å². The molecule has 2 heterocycles. The summed E-state index contributed by atoms with van der Waals surface area (Å²) in [6.07, 6.45) is -4.53. The largest absolute Gasteiger partial charge is 0.435 e. The van der Waals surface area contributed by atoms with Crippen molar-refractivity contribution < 1.29 is 22.8 Å². The normalized spacial score (nSPS) is 12.5. The SMILES string of the molecule is Cc1cc(C(F)(F)F)nn1C/C(N)=N\OC(=O)c1cccs1. The summed E-state index contributed by atoms with van der Waals surface area (Å²) in [5, 5.41) is 8.48. The fourth-order valence-corrected chi connectivity index (χ4v) is 2.13. The maximum absolute atomic E-state index is 12.5. The van der Waals surface area contributed by atoms with E-state index in [1.54, 1.807) is 17.5 Å². The number of hydrogen-bond acceptors (Lipinski definition) is 5. The number of aryl methyl sites for hydroxylation is 1. The van der Waals surface area contributed by atoms with Crippen LogP contribution in [-0.4, -0.2) is 21.6 Å². The first-order valence-electron chi connectivity index (χ1n) is 5.96. The van der Waals surface area contributed by atoms with E-state index in [2.05, 4.69) is 15.1 Å². The zero-order valence-electron chi connectivity index (χ0n) is 11.3. The Morgan fingerprint density at radius 3 is 2.82 bits per heavy atom. The second-order valence-corrected chi connectivity index (χ2v) is 5.21. The molecule has 0 radical (unpaired) electrons. The van der Waals surface area contributed by atoms with Gasteiger partial charge in [0, 0.05) is 5.69 Å². The molecule has 22 heavy (non-hydrogen) atoms. The molecule has 10 heteroatoms. The predicted octanol–water partition coefficient (Wildman–Crippen LogP) is 2.40. The van der Waals surface area contributed by atoms with Gasteiger partial charge in [-0.05, 0) is 24.4 Å². The molecule has 2 N–H and O–H groups in total. The third kappa shape index (κ3) is 3.85. The van der Waals surface area contributed by atoms with Crippen LogP contribution in [0.5, 0.6) is 0 Å². The van der Waals surface area contributed by atoms with Gasteiger partial charge in [0.15, 0.2) is 11.5 Å². The van der Waals surface area contributed by atoms with Crippen molar-refractivity contribution in [2.24, 2.45) is 10.9 Å². The number of alkyl halides is 3. The number of amidine groups is 1. The summed E-state index contributed by atoms with van der Waals surface area (Å²) in [6, 6.07) is 4.11. The molecule has 0 aliphatic carbocycles. The average molecular weight is 332 g/mol. The summed E-state index contributed by atoms with van der Waals surface area (Å²) >= 11 is 1.17. The number of nitrogens with two attached hydrogens (primary N) is 1. The summed E-state index contributed by atoms with van der Waals surface area (Å²) in [6.45, 7) is 1.23. The molecule has 0 aromatic carbocycles. The number of halogens is 3. The molecule has 2 aromatic rings. The molecular weight excluding hydrogens is 321 g/mol. The van der Waals surface area contributed by atoms with E-state index >= 15 is 0 Å². The van der Waals surface area contributed by atoms with Gasteiger partial charge in [0.2, 0.25) is 0 Å². The molecule has 0 amide bonds. The Hall–Kier alpha value is -2.36. The summed E-state index contributed by atoms with van der Waals surface area (Å²) < 4.78 is 38.6. The van der Waals surface area contributed by atoms with E-state index in [0.29, 0.717) is 4.88 Å². The number of aromatic nitrogens is 2. The molecule has 118 valence electrons. The van der Waals surface area contributed by atoms with Crippen molar-refractivity contribution in [2.45, 2.75) is 19.6 Å². The Morgan fingerprint density at radius 1 is 1.55 bits per heavy atom. The third-order valence-corrected chi connectivity index (χ3v) is 3.40. The third-order valence-electron chi connectivity index (χ3n) is 2.55. The fraction of sp³-hybridized carbons (Fsp3) is 0.250. The van der Waals surface area contributed by atoms with E-state index in [0.717, 1.165) is 10.7 Å². The number of rotatable bonds is 4. The van der Waals surface area contributed by atoms with Crippen LogP contribution in [0.15, 0.2) is 28.7 Å². The average Bonchev–Trinajstić information content (AvgIpc) is 3.06. The lowest BCUT2D eigenvalue weighted by molar-refractivity contribution is -0.141. The minimum atomic E-state index is -4.53. The molecule has 6 nitrogen and oxygen atoms in total. The molecule has 0 fully saturated rings. The zero-order valence-corrected chi connectivity index (χ0v) is 12.1. The topological polar surface area (TPSA) is 82.5 Å². The number of carbonyl (C=O) groups is 1. The highest BCUT2D eigenvalue weighted by atomic mass is 32.1. The molecule has 0 atom stereocenters. The van der Waals surface area contributed by atoms with Crippen molar-refractivity contribution in [3.63, 3.8) is 0 Å². The van der Waals surface area contributed by atoms with Gasteiger partial charge in [0.1, 0.15) is 11.4 Å². The lowest BCUT2D eigenvalue weighted by Gasteiger charge is -2.04. The first-order valence-corrected chi connectivity index (χ1v) is 6.84. The van der Waals surface area contributed by atoms with Gasteiger partial charge < -0.3 is 10.6 Å². The number of thiophene rings is 1. The van der Waals surface area contributed by atoms with Crippen LogP contribution in [0.1, 0.15) is 21.1 Å². The molecule has 2 rings (SSSR count). The molecule has 0 unspecified atom stereocenters. The molecule has 2 aromatic heterocycles. The van der Waals surface area contributed by atoms with Gasteiger partial charge in [-0.25, -0.2) is 4.79 Å². The van der Waals surface area contributed by atoms with Crippen molar-refractivity contribution in [3.8, 4) is 0 Å². The number of oxime groups is 1. The van der Waals surface area contributed by atoms with E-state index in [1.165, 1.54) is 18.3 Å². The van der Waals surface area contributed by atoms with E-state index in [9.17, 15) is 18.0 Å². The van der Waals surface area contributed by atoms with Crippen LogP contribution in [0, 0.1) is 6.92 Å². The Balaban J connectivity index is 2.02. The van der Waals surface area contributed by atoms with E-state index in [-0.39, 0.29) is 18.1 Å². The van der Waals surface area contributed by atoms with Crippen LogP contribution in [0.2, 0.25) is 0 Å². The van der Waals surface area contributed by atoms with Crippen LogP contribution >= 0.6 is 11.3 Å². The quantitative estimate of drug-likeness (QED) is 0.403. The number of nitrogens with zero attached hydrogens (tertiary/aromatic N) is 3. The highest BCUT2D eigenvalue weighted by Gasteiger charge is 2.34. The van der Waals surface area contributed by atoms with E-state index in [1.807, 2.05) is 0 Å². The standard InChI is InChI=1S/C12H11F3N4O2S/c1-7-5-9(12(13,14)15)17-19(7)6-10(16)18-21-11(20)8-3-2-4-22-8/h2-5H,6H2,1H3,(H2,16,18). The first-order chi connectivity index (χ1) is 10.3. The highest BCUT2D eigenvalue weighted by molar-refractivity contribution is 7.11. The Labute approximate surface area is 127 Å². The predicted molar refractivity (Wildman–Crippen MR) is 73.3 cm³/mol. The summed E-state index contributed by atoms with van der Waals surface area (Å²) in [7, 11) is 0. The summed E-state index contributed by atoms with van der Waals surface area (Å²) in [4.78, 5) is 16.5. The first kappa shape index (κ1) is 16.0. The Kier molecular flexibility index (Phi) is 4.50. The van der Waals surface area contributed by atoms with Crippen LogP contribution in [0.3, 0.4) is 0 Å². The van der Waals surface area contributed by atoms with Crippen molar-refractivity contribution in [1.29, 1.82) is 0 Å². The lowest BCUT2D eigenvalue weighted by atomic mass is 10.3. The number of hydrogen-bond donors (Lipinski definition) is 1. The van der Waals surface area contributed by atoms with Gasteiger partial charge in [-0.3, -0.25) is 4.68 Å². The minimum absolute atomic E-state index is 0.176. The van der Waals surface area contributed by atoms with Gasteiger partial charge in [-0.2, -0.15) is 18.3 Å². The van der Waals surface area contributed by atoms with Crippen LogP contribution < -0.4 is 5.73 Å². The monoisotopic (exact) mass is 332 g/mol. The number of carbonyl (C=O) groups excluding carboxylic acids is 1. The van der Waals surface area contributed by atoms with Crippen molar-refractivity contribution in [1.82, 2.24) is 9.78 Å². The van der Waals surface area contributed by atoms with Crippen molar-refractivity contribution >= 4 is 23.1 Å². The molecule has 0 saturated heterocycles. The second-order valence-electron chi connectivity index (χ2n) is 4.27. The van der Waals surface area contributed by atoms with E-state index in [4.69, 9.17) is 5.73 Å². The van der Waals surface area contributed by atoms with Gasteiger partial charge in [0.05, 0.1) is 0 Å². The lowest BCUT2D eigenvalue weighted by Crippen LogP contribution is -2.22. The zero-order chi connectivity index (χ0) is 16.3. The maximum atomic E-state index is 12.5. The molecule has 0 aliphatic rings. The minimum Gasteiger partial charge on any atom is -0.383 e. The molecule has 0 saturated carbocycles. The van der Waals surface area contributed by atoms with Crippen molar-refractivity contribution in [3.05, 3.63) is 39.8 Å². The van der Waals surface area contributed by atoms with Gasteiger partial charge in [-0.15, -0.1) is 11.3 Å². The molecular formula is C12H11F3N4O2S. The van der Waals surface area contributed by atoms with Gasteiger partial charge in [0.25, 0.3) is 0 Å². The van der Waals surface area contributed by atoms with E-state index < -0.39 is 17.8 Å². The van der Waals surface area contributed by atoms with Crippen LogP contribution in [-0.2, 0) is 17.6 Å². The van der Waals surface area contributed by atoms with Crippen LogP contribution in [0.25, 0.3) is 0 Å². The fourth-order valence-electron chi connectivity index (χ4n) is 1.53. The smallest absolute Gasteiger partial charge is 0.383 e. The maximum Gasteiger partial charge on any atom is 0.435 e. The highest BCUT2D eigenvalue weighted by Crippen LogP contribution is 2.28. The second kappa shape index (κ2) is 6.18. The molecule has 0 spiro atoms. The van der Waals surface area contributed by atoms with Crippen LogP contribution in [0.4, 0.5) is 13.2 Å². The van der Waals surface area contributed by atoms with Gasteiger partial charge >= 0.3 is 12.1 Å². The van der Waals surface area contributed by atoms with Crippen molar-refractivity contribution in [2.75, 3.05) is 0 Å². The summed E-state index contributed by atoms with van der Waals surface area (Å²) in [5.74, 6) is -0.865.